The van der Waals surface area contributed by atoms with Gasteiger partial charge in [0.2, 0.25) is 5.60 Å². The average molecular weight is 613 g/mol. The number of hydrogen-bond acceptors (Lipinski definition) is 11. The second kappa shape index (κ2) is 12.9. The molecule has 1 aromatic rings. The zero-order valence-corrected chi connectivity index (χ0v) is 26.1. The van der Waals surface area contributed by atoms with E-state index in [1.165, 1.54) is 31.2 Å². The predicted molar refractivity (Wildman–Crippen MR) is 156 cm³/mol. The fraction of sp³-hybridized carbons (Fsp3) is 0.515. The first-order valence-corrected chi connectivity index (χ1v) is 14.4. The topological polar surface area (TPSA) is 160 Å². The van der Waals surface area contributed by atoms with Gasteiger partial charge in [-0.25, -0.2) is 4.79 Å². The first-order valence-electron chi connectivity index (χ1n) is 14.4. The lowest BCUT2D eigenvalue weighted by Gasteiger charge is -2.47. The minimum atomic E-state index is -2.73. The van der Waals surface area contributed by atoms with Gasteiger partial charge in [0.1, 0.15) is 6.10 Å². The number of fused-ring (bicyclic) bond motifs is 1. The Balaban J connectivity index is 2.37. The SMILES string of the molecule is C=C1C[C@H](OC(C)=O)C(=O)C(C)(C)/C=C/[C@@H](C)C(=O)[C@@]2(OC(C)=O)C[C@H](C)[C@H](OC(=O)c3ccccc3)[C@]2(O)[C@H]1OC(C)=O. The van der Waals surface area contributed by atoms with E-state index in [9.17, 15) is 33.9 Å². The summed E-state index contributed by atoms with van der Waals surface area (Å²) in [5.74, 6) is -6.69. The van der Waals surface area contributed by atoms with Crippen LogP contribution in [0.25, 0.3) is 0 Å². The van der Waals surface area contributed by atoms with Crippen molar-refractivity contribution in [2.24, 2.45) is 17.3 Å². The fourth-order valence-corrected chi connectivity index (χ4v) is 6.15. The van der Waals surface area contributed by atoms with Crippen molar-refractivity contribution in [3.63, 3.8) is 0 Å². The Morgan fingerprint density at radius 1 is 0.886 bits per heavy atom. The molecule has 238 valence electrons. The summed E-state index contributed by atoms with van der Waals surface area (Å²) in [6.45, 7) is 13.4. The van der Waals surface area contributed by atoms with E-state index in [-0.39, 0.29) is 17.6 Å². The van der Waals surface area contributed by atoms with Gasteiger partial charge in [-0.3, -0.25) is 24.0 Å². The molecular formula is C33H40O11. The summed E-state index contributed by atoms with van der Waals surface area (Å²) < 4.78 is 22.6. The van der Waals surface area contributed by atoms with Crippen molar-refractivity contribution in [3.05, 3.63) is 60.2 Å². The lowest BCUT2D eigenvalue weighted by Crippen LogP contribution is -2.70. The van der Waals surface area contributed by atoms with Crippen molar-refractivity contribution in [2.75, 3.05) is 0 Å². The average Bonchev–Trinajstić information content (AvgIpc) is 3.14. The third-order valence-electron chi connectivity index (χ3n) is 8.12. The van der Waals surface area contributed by atoms with Crippen molar-refractivity contribution in [1.29, 1.82) is 0 Å². The number of allylic oxidation sites excluding steroid dienone is 2. The molecule has 1 fully saturated rings. The Morgan fingerprint density at radius 3 is 2.02 bits per heavy atom. The lowest BCUT2D eigenvalue weighted by atomic mass is 9.70. The molecule has 0 spiro atoms. The lowest BCUT2D eigenvalue weighted by molar-refractivity contribution is -0.231. The summed E-state index contributed by atoms with van der Waals surface area (Å²) in [7, 11) is 0. The van der Waals surface area contributed by atoms with E-state index >= 15 is 0 Å². The Hall–Kier alpha value is -4.12. The minimum absolute atomic E-state index is 0.134. The van der Waals surface area contributed by atoms with Gasteiger partial charge in [0.05, 0.1) is 5.56 Å². The summed E-state index contributed by atoms with van der Waals surface area (Å²) in [5.41, 5.74) is -6.39. The molecule has 0 radical (unpaired) electrons. The molecule has 0 aliphatic heterocycles. The molecule has 1 aromatic carbocycles. The molecule has 0 heterocycles. The Morgan fingerprint density at radius 2 is 1.48 bits per heavy atom. The summed E-state index contributed by atoms with van der Waals surface area (Å²) >= 11 is 0. The van der Waals surface area contributed by atoms with E-state index in [0.717, 1.165) is 20.8 Å². The summed E-state index contributed by atoms with van der Waals surface area (Å²) in [6, 6.07) is 7.89. The number of ether oxygens (including phenoxy) is 4. The molecular weight excluding hydrogens is 572 g/mol. The highest BCUT2D eigenvalue weighted by Gasteiger charge is 2.75. The van der Waals surface area contributed by atoms with Crippen molar-refractivity contribution < 1.29 is 52.8 Å². The molecule has 0 aromatic heterocycles. The van der Waals surface area contributed by atoms with Gasteiger partial charge in [0.15, 0.2) is 29.4 Å². The number of carbonyl (C=O) groups is 6. The van der Waals surface area contributed by atoms with Crippen molar-refractivity contribution in [2.45, 2.75) is 90.8 Å². The van der Waals surface area contributed by atoms with Crippen molar-refractivity contribution >= 4 is 35.4 Å². The first kappa shape index (κ1) is 34.4. The standard InChI is InChI=1S/C33H40O11/c1-18-14-15-31(7,8)27(38)25(41-21(4)34)16-19(2)28(42-22(5)35)33(40)29(43-30(39)24-12-10-9-11-13-24)20(3)17-32(33,26(18)37)44-23(6)36/h9-15,18,20,25,28-29,40H,2,16-17H2,1,3-8H3/b15-14+/t18-,20+,25+,28+,29+,32+,33-/m1/s1. The highest BCUT2D eigenvalue weighted by Crippen LogP contribution is 2.53. The molecule has 1 saturated carbocycles. The van der Waals surface area contributed by atoms with Crippen LogP contribution in [0.5, 0.6) is 0 Å². The van der Waals surface area contributed by atoms with Crippen LogP contribution < -0.4 is 0 Å². The Kier molecular flexibility index (Phi) is 10.0. The molecule has 2 aliphatic rings. The van der Waals surface area contributed by atoms with Crippen LogP contribution in [0.1, 0.15) is 71.7 Å². The van der Waals surface area contributed by atoms with Crippen LogP contribution in [-0.4, -0.2) is 70.1 Å². The number of aliphatic hydroxyl groups is 1. The van der Waals surface area contributed by atoms with Gasteiger partial charge in [0.25, 0.3) is 0 Å². The Labute approximate surface area is 256 Å². The van der Waals surface area contributed by atoms with Gasteiger partial charge in [-0.2, -0.15) is 0 Å². The van der Waals surface area contributed by atoms with E-state index < -0.39 is 88.6 Å². The zero-order valence-electron chi connectivity index (χ0n) is 26.1. The molecule has 2 aliphatic carbocycles. The largest absolute Gasteiger partial charge is 0.455 e. The van der Waals surface area contributed by atoms with Crippen LogP contribution in [0.2, 0.25) is 0 Å². The highest BCUT2D eigenvalue weighted by molar-refractivity contribution is 5.96. The van der Waals surface area contributed by atoms with Crippen molar-refractivity contribution in [1.82, 2.24) is 0 Å². The van der Waals surface area contributed by atoms with Crippen LogP contribution in [-0.2, 0) is 42.9 Å². The van der Waals surface area contributed by atoms with Crippen LogP contribution in [0.15, 0.2) is 54.6 Å². The van der Waals surface area contributed by atoms with Gasteiger partial charge in [0, 0.05) is 50.9 Å². The maximum Gasteiger partial charge on any atom is 0.338 e. The predicted octanol–water partition coefficient (Wildman–Crippen LogP) is 3.46. The number of hydrogen-bond donors (Lipinski definition) is 1. The highest BCUT2D eigenvalue weighted by atomic mass is 16.6. The molecule has 7 atom stereocenters. The number of ketones is 2. The second-order valence-corrected chi connectivity index (χ2v) is 12.2. The molecule has 0 amide bonds. The van der Waals surface area contributed by atoms with Gasteiger partial charge in [-0.15, -0.1) is 0 Å². The molecule has 11 heteroatoms. The minimum Gasteiger partial charge on any atom is -0.455 e. The fourth-order valence-electron chi connectivity index (χ4n) is 6.15. The third-order valence-corrected chi connectivity index (χ3v) is 8.12. The van der Waals surface area contributed by atoms with E-state index in [1.807, 2.05) is 0 Å². The number of esters is 4. The number of carbonyl (C=O) groups excluding carboxylic acids is 6. The first-order chi connectivity index (χ1) is 20.4. The molecule has 3 rings (SSSR count). The molecule has 11 nitrogen and oxygen atoms in total. The van der Waals surface area contributed by atoms with Crippen LogP contribution in [0, 0.1) is 17.3 Å². The second-order valence-electron chi connectivity index (χ2n) is 12.2. The summed E-state index contributed by atoms with van der Waals surface area (Å²) in [5, 5.41) is 12.9. The quantitative estimate of drug-likeness (QED) is 0.295. The monoisotopic (exact) mass is 612 g/mol. The van der Waals surface area contributed by atoms with Crippen LogP contribution >= 0.6 is 0 Å². The smallest absolute Gasteiger partial charge is 0.338 e. The Bertz CT molecular complexity index is 1380. The zero-order chi connectivity index (χ0) is 33.2. The maximum atomic E-state index is 14.4. The van der Waals surface area contributed by atoms with Gasteiger partial charge in [-0.1, -0.05) is 50.8 Å². The summed E-state index contributed by atoms with van der Waals surface area (Å²) in [6.07, 6.45) is -2.73. The number of rotatable bonds is 5. The molecule has 44 heavy (non-hydrogen) atoms. The van der Waals surface area contributed by atoms with E-state index in [1.54, 1.807) is 39.0 Å². The molecule has 0 unspecified atom stereocenters. The van der Waals surface area contributed by atoms with Crippen LogP contribution in [0.4, 0.5) is 0 Å². The number of Topliss-reactive ketones (excluding diaryl/α,β-unsaturated/α-hetero) is 2. The number of benzene rings is 1. The molecule has 0 bridgehead atoms. The normalized spacial score (nSPS) is 32.7. The van der Waals surface area contributed by atoms with Crippen LogP contribution in [0.3, 0.4) is 0 Å². The van der Waals surface area contributed by atoms with E-state index in [0.29, 0.717) is 0 Å². The summed E-state index contributed by atoms with van der Waals surface area (Å²) in [4.78, 5) is 78.7. The van der Waals surface area contributed by atoms with Crippen molar-refractivity contribution in [3.8, 4) is 0 Å². The van der Waals surface area contributed by atoms with Gasteiger partial charge < -0.3 is 24.1 Å². The molecule has 0 saturated heterocycles. The van der Waals surface area contributed by atoms with Gasteiger partial charge in [-0.05, 0) is 31.6 Å². The van der Waals surface area contributed by atoms with Gasteiger partial charge >= 0.3 is 23.9 Å². The van der Waals surface area contributed by atoms with E-state index in [4.69, 9.17) is 18.9 Å². The maximum absolute atomic E-state index is 14.4. The van der Waals surface area contributed by atoms with E-state index in [2.05, 4.69) is 6.58 Å². The third kappa shape index (κ3) is 6.52. The molecule has 1 N–H and O–H groups in total.